The lowest BCUT2D eigenvalue weighted by Gasteiger charge is -2.28. The summed E-state index contributed by atoms with van der Waals surface area (Å²) in [6.45, 7) is 18.2. The molecule has 3 unspecified atom stereocenters. The van der Waals surface area contributed by atoms with Crippen LogP contribution in [0.15, 0.2) is 38.0 Å². The predicted octanol–water partition coefficient (Wildman–Crippen LogP) is 10.1. The van der Waals surface area contributed by atoms with Crippen molar-refractivity contribution in [3.8, 4) is 0 Å². The van der Waals surface area contributed by atoms with Crippen molar-refractivity contribution in [2.45, 2.75) is 114 Å². The number of allylic oxidation sites excluding steroid dienone is 2. The number of rotatable bonds is 21. The van der Waals surface area contributed by atoms with Gasteiger partial charge in [-0.3, -0.25) is 0 Å². The zero-order valence-corrected chi connectivity index (χ0v) is 21.3. The molecule has 0 spiro atoms. The Balaban J connectivity index is 5.17. The van der Waals surface area contributed by atoms with Crippen molar-refractivity contribution in [2.24, 2.45) is 0 Å². The Hall–Kier alpha value is 0.310. The molecule has 0 saturated carbocycles. The molecule has 0 aliphatic carbocycles. The van der Waals surface area contributed by atoms with Crippen LogP contribution in [0.25, 0.3) is 0 Å². The van der Waals surface area contributed by atoms with Gasteiger partial charge in [0.15, 0.2) is 6.55 Å². The van der Waals surface area contributed by atoms with Crippen LogP contribution in [0.2, 0.25) is 0 Å². The fraction of sp³-hybridized carbons (Fsp3) is 0.750. The van der Waals surface area contributed by atoms with Crippen LogP contribution in [0.4, 0.5) is 0 Å². The maximum absolute atomic E-state index is 6.76. The van der Waals surface area contributed by atoms with Crippen LogP contribution in [0.3, 0.4) is 0 Å². The maximum atomic E-state index is 6.76. The Morgan fingerprint density at radius 1 is 0.714 bits per heavy atom. The molecule has 0 bridgehead atoms. The Kier molecular flexibility index (Phi) is 20.8. The lowest BCUT2D eigenvalue weighted by molar-refractivity contribution is 0.222. The highest BCUT2D eigenvalue weighted by atomic mass is 33.1. The molecule has 0 aromatic rings. The first kappa shape index (κ1) is 28.3. The molecule has 0 heterocycles. The smallest absolute Gasteiger partial charge is 0.152 e. The topological polar surface area (TPSA) is 9.23 Å². The minimum absolute atomic E-state index is 0.315. The van der Waals surface area contributed by atoms with Gasteiger partial charge in [-0.25, -0.2) is 0 Å². The molecule has 0 saturated heterocycles. The van der Waals surface area contributed by atoms with Gasteiger partial charge in [0.2, 0.25) is 0 Å². The van der Waals surface area contributed by atoms with E-state index in [1.54, 1.807) is 0 Å². The highest BCUT2D eigenvalue weighted by molar-refractivity contribution is 8.87. The van der Waals surface area contributed by atoms with E-state index >= 15 is 0 Å². The standard InChI is InChI=1S/C24H45OPS2/c1-7-13-19-22(16-10-4)25-26(27-23(17-11-5)20-14-8-2)28-24(18-12-6)21-15-9-3/h10-12,22-24H,4-9,13-21H2,1-3H3. The van der Waals surface area contributed by atoms with Crippen LogP contribution in [-0.4, -0.2) is 16.6 Å². The van der Waals surface area contributed by atoms with E-state index in [-0.39, 0.29) is 0 Å². The van der Waals surface area contributed by atoms with Gasteiger partial charge in [0.25, 0.3) is 0 Å². The SMILES string of the molecule is C=CCC(CCCC)OP(SC(CC=C)CCCC)SC(CC=C)CCCC. The number of hydrogen-bond donors (Lipinski definition) is 0. The Morgan fingerprint density at radius 2 is 1.14 bits per heavy atom. The molecular formula is C24H45OPS2. The van der Waals surface area contributed by atoms with E-state index in [0.717, 1.165) is 25.7 Å². The van der Waals surface area contributed by atoms with E-state index in [1.807, 2.05) is 6.08 Å². The van der Waals surface area contributed by atoms with Crippen molar-refractivity contribution in [1.29, 1.82) is 0 Å². The van der Waals surface area contributed by atoms with E-state index in [4.69, 9.17) is 4.52 Å². The second kappa shape index (κ2) is 20.6. The summed E-state index contributed by atoms with van der Waals surface area (Å²) in [6.07, 6.45) is 20.8. The van der Waals surface area contributed by atoms with Gasteiger partial charge < -0.3 is 4.52 Å². The third-order valence-electron chi connectivity index (χ3n) is 4.63. The van der Waals surface area contributed by atoms with E-state index < -0.39 is 6.55 Å². The fourth-order valence-corrected chi connectivity index (χ4v) is 11.4. The summed E-state index contributed by atoms with van der Waals surface area (Å²) in [5, 5.41) is 1.25. The molecule has 0 aliphatic rings. The lowest BCUT2D eigenvalue weighted by atomic mass is 10.1. The number of unbranched alkanes of at least 4 members (excludes halogenated alkanes) is 3. The first-order chi connectivity index (χ1) is 13.6. The van der Waals surface area contributed by atoms with E-state index in [2.05, 4.69) is 75.4 Å². The molecule has 0 radical (unpaired) electrons. The predicted molar refractivity (Wildman–Crippen MR) is 138 cm³/mol. The third-order valence-corrected chi connectivity index (χ3v) is 11.8. The molecule has 0 N–H and O–H groups in total. The van der Waals surface area contributed by atoms with Gasteiger partial charge in [0.1, 0.15) is 0 Å². The minimum atomic E-state index is -0.573. The van der Waals surface area contributed by atoms with E-state index in [9.17, 15) is 0 Å². The minimum Gasteiger partial charge on any atom is -0.335 e. The first-order valence-electron chi connectivity index (χ1n) is 11.3. The zero-order valence-electron chi connectivity index (χ0n) is 18.7. The molecule has 0 aromatic heterocycles. The molecule has 0 amide bonds. The van der Waals surface area contributed by atoms with Crippen molar-refractivity contribution < 1.29 is 4.52 Å². The lowest BCUT2D eigenvalue weighted by Crippen LogP contribution is -2.10. The molecule has 3 atom stereocenters. The van der Waals surface area contributed by atoms with Crippen LogP contribution in [0.1, 0.15) is 97.8 Å². The maximum Gasteiger partial charge on any atom is 0.152 e. The Morgan fingerprint density at radius 3 is 1.54 bits per heavy atom. The van der Waals surface area contributed by atoms with Gasteiger partial charge in [-0.1, -0.05) is 100 Å². The average Bonchev–Trinajstić information content (AvgIpc) is 2.68. The highest BCUT2D eigenvalue weighted by Crippen LogP contribution is 2.67. The van der Waals surface area contributed by atoms with Crippen molar-refractivity contribution in [1.82, 2.24) is 0 Å². The molecule has 0 fully saturated rings. The summed E-state index contributed by atoms with van der Waals surface area (Å²) in [5.41, 5.74) is 0. The fourth-order valence-electron chi connectivity index (χ4n) is 2.93. The van der Waals surface area contributed by atoms with Gasteiger partial charge in [0.05, 0.1) is 6.10 Å². The summed E-state index contributed by atoms with van der Waals surface area (Å²) in [5.74, 6) is 0. The molecule has 0 rings (SSSR count). The van der Waals surface area contributed by atoms with Crippen molar-refractivity contribution >= 4 is 29.3 Å². The molecular weight excluding hydrogens is 399 g/mol. The van der Waals surface area contributed by atoms with Gasteiger partial charge in [-0.15, -0.1) is 19.7 Å². The average molecular weight is 445 g/mol. The van der Waals surface area contributed by atoms with E-state index in [1.165, 1.54) is 51.4 Å². The Bertz CT molecular complexity index is 332. The second-order valence-corrected chi connectivity index (χ2v) is 13.8. The molecule has 0 aliphatic heterocycles. The summed E-state index contributed by atoms with van der Waals surface area (Å²) in [6, 6.07) is 0. The number of hydrogen-bond acceptors (Lipinski definition) is 3. The largest absolute Gasteiger partial charge is 0.335 e. The van der Waals surface area contributed by atoms with Gasteiger partial charge in [0, 0.05) is 10.5 Å². The van der Waals surface area contributed by atoms with Crippen molar-refractivity contribution in [3.63, 3.8) is 0 Å². The van der Waals surface area contributed by atoms with Crippen molar-refractivity contribution in [2.75, 3.05) is 0 Å². The zero-order chi connectivity index (χ0) is 21.0. The first-order valence-corrected chi connectivity index (χ1v) is 15.5. The van der Waals surface area contributed by atoms with Crippen LogP contribution in [0.5, 0.6) is 0 Å². The third kappa shape index (κ3) is 15.2. The van der Waals surface area contributed by atoms with Crippen LogP contribution in [0, 0.1) is 0 Å². The van der Waals surface area contributed by atoms with E-state index in [0.29, 0.717) is 16.6 Å². The van der Waals surface area contributed by atoms with Crippen LogP contribution in [-0.2, 0) is 4.52 Å². The molecule has 0 aromatic carbocycles. The van der Waals surface area contributed by atoms with Crippen molar-refractivity contribution in [3.05, 3.63) is 38.0 Å². The summed E-state index contributed by atoms with van der Waals surface area (Å²) < 4.78 is 6.76. The highest BCUT2D eigenvalue weighted by Gasteiger charge is 2.25. The second-order valence-electron chi connectivity index (χ2n) is 7.41. The van der Waals surface area contributed by atoms with Crippen LogP contribution >= 0.6 is 29.3 Å². The van der Waals surface area contributed by atoms with Gasteiger partial charge in [-0.2, -0.15) is 0 Å². The summed E-state index contributed by atoms with van der Waals surface area (Å²) in [4.78, 5) is 0. The van der Waals surface area contributed by atoms with Gasteiger partial charge >= 0.3 is 0 Å². The molecule has 28 heavy (non-hydrogen) atoms. The summed E-state index contributed by atoms with van der Waals surface area (Å²) in [7, 11) is 0. The summed E-state index contributed by atoms with van der Waals surface area (Å²) >= 11 is 4.19. The Labute approximate surface area is 186 Å². The molecule has 164 valence electrons. The molecule has 4 heteroatoms. The quantitative estimate of drug-likeness (QED) is 0.129. The van der Waals surface area contributed by atoms with Gasteiger partial charge in [-0.05, 0) is 38.5 Å². The monoisotopic (exact) mass is 444 g/mol. The molecule has 1 nitrogen and oxygen atoms in total. The normalized spacial score (nSPS) is 15.5. The van der Waals surface area contributed by atoms with Crippen LogP contribution < -0.4 is 0 Å².